The molecule has 0 radical (unpaired) electrons. The van der Waals surface area contributed by atoms with Crippen LogP contribution in [0.15, 0.2) is 24.3 Å². The lowest BCUT2D eigenvalue weighted by molar-refractivity contribution is -0.137. The number of allylic oxidation sites excluding steroid dienone is 2. The summed E-state index contributed by atoms with van der Waals surface area (Å²) in [4.78, 5) is 23.8. The number of carbonyl (C=O) groups excluding carboxylic acids is 2. The average Bonchev–Trinajstić information content (AvgIpc) is 2.36. The van der Waals surface area contributed by atoms with Gasteiger partial charge in [0.1, 0.15) is 0 Å². The summed E-state index contributed by atoms with van der Waals surface area (Å²) in [5.74, 6) is 0.171. The van der Waals surface area contributed by atoms with E-state index in [0.29, 0.717) is 11.5 Å². The van der Waals surface area contributed by atoms with Crippen LogP contribution in [0.4, 0.5) is 0 Å². The first-order chi connectivity index (χ1) is 8.35. The van der Waals surface area contributed by atoms with Crippen LogP contribution in [0.25, 0.3) is 0 Å². The number of hydrogen-bond donors (Lipinski definition) is 0. The number of rotatable bonds is 4. The Morgan fingerprint density at radius 2 is 2.17 bits per heavy atom. The lowest BCUT2D eigenvalue weighted by atomic mass is 9.68. The molecule has 0 saturated heterocycles. The van der Waals surface area contributed by atoms with Gasteiger partial charge in [-0.2, -0.15) is 0 Å². The van der Waals surface area contributed by atoms with Gasteiger partial charge in [-0.25, -0.2) is 4.79 Å². The minimum absolute atomic E-state index is 0.0360. The number of ketones is 1. The van der Waals surface area contributed by atoms with Gasteiger partial charge in [0.25, 0.3) is 0 Å². The van der Waals surface area contributed by atoms with E-state index in [2.05, 4.69) is 20.4 Å². The first-order valence-electron chi connectivity index (χ1n) is 6.33. The summed E-state index contributed by atoms with van der Waals surface area (Å²) in [6, 6.07) is 0. The Morgan fingerprint density at radius 3 is 2.61 bits per heavy atom. The minimum atomic E-state index is -0.614. The Morgan fingerprint density at radius 1 is 1.56 bits per heavy atom. The lowest BCUT2D eigenvalue weighted by Gasteiger charge is -2.35. The molecule has 0 aromatic heterocycles. The molecule has 100 valence electrons. The molecule has 0 aromatic rings. The zero-order chi connectivity index (χ0) is 13.9. The average molecular weight is 250 g/mol. The monoisotopic (exact) mass is 250 g/mol. The SMILES string of the molecule is C=CC(=O)[C@@]1(C)C=C(C(=O)OC)[C@H](C(C)C)CC1. The quantitative estimate of drug-likeness (QED) is 0.569. The van der Waals surface area contributed by atoms with Gasteiger partial charge in [-0.15, -0.1) is 0 Å². The maximum absolute atomic E-state index is 11.9. The van der Waals surface area contributed by atoms with Crippen LogP contribution in [0.2, 0.25) is 0 Å². The molecule has 2 atom stereocenters. The van der Waals surface area contributed by atoms with E-state index < -0.39 is 5.41 Å². The van der Waals surface area contributed by atoms with E-state index in [9.17, 15) is 9.59 Å². The van der Waals surface area contributed by atoms with Gasteiger partial charge in [-0.1, -0.05) is 26.5 Å². The second-order valence-electron chi connectivity index (χ2n) is 5.47. The summed E-state index contributed by atoms with van der Waals surface area (Å²) in [5, 5.41) is 0. The summed E-state index contributed by atoms with van der Waals surface area (Å²) in [6.45, 7) is 9.55. The van der Waals surface area contributed by atoms with Crippen molar-refractivity contribution in [3.05, 3.63) is 24.3 Å². The fourth-order valence-corrected chi connectivity index (χ4v) is 2.58. The molecule has 3 nitrogen and oxygen atoms in total. The highest BCUT2D eigenvalue weighted by Crippen LogP contribution is 2.41. The van der Waals surface area contributed by atoms with Crippen LogP contribution < -0.4 is 0 Å². The summed E-state index contributed by atoms with van der Waals surface area (Å²) >= 11 is 0. The van der Waals surface area contributed by atoms with E-state index in [1.165, 1.54) is 13.2 Å². The van der Waals surface area contributed by atoms with Crippen molar-refractivity contribution in [1.29, 1.82) is 0 Å². The summed E-state index contributed by atoms with van der Waals surface area (Å²) < 4.78 is 4.83. The molecular formula is C15H22O3. The van der Waals surface area contributed by atoms with Gasteiger partial charge in [0.15, 0.2) is 5.78 Å². The van der Waals surface area contributed by atoms with Crippen molar-refractivity contribution in [2.24, 2.45) is 17.3 Å². The van der Waals surface area contributed by atoms with Crippen LogP contribution >= 0.6 is 0 Å². The van der Waals surface area contributed by atoms with Gasteiger partial charge < -0.3 is 4.74 Å². The van der Waals surface area contributed by atoms with Gasteiger partial charge in [0.2, 0.25) is 0 Å². The molecule has 0 aliphatic heterocycles. The van der Waals surface area contributed by atoms with Gasteiger partial charge in [0.05, 0.1) is 7.11 Å². The van der Waals surface area contributed by atoms with E-state index in [1.807, 2.05) is 6.92 Å². The number of methoxy groups -OCH3 is 1. The van der Waals surface area contributed by atoms with Crippen LogP contribution in [0.5, 0.6) is 0 Å². The van der Waals surface area contributed by atoms with Crippen molar-refractivity contribution in [2.45, 2.75) is 33.6 Å². The molecule has 1 rings (SSSR count). The molecule has 0 spiro atoms. The predicted octanol–water partition coefficient (Wildman–Crippen LogP) is 2.91. The van der Waals surface area contributed by atoms with Crippen LogP contribution in [-0.2, 0) is 14.3 Å². The van der Waals surface area contributed by atoms with E-state index in [4.69, 9.17) is 4.74 Å². The zero-order valence-electron chi connectivity index (χ0n) is 11.7. The Balaban J connectivity index is 3.18. The van der Waals surface area contributed by atoms with Crippen molar-refractivity contribution in [1.82, 2.24) is 0 Å². The Labute approximate surface area is 109 Å². The summed E-state index contributed by atoms with van der Waals surface area (Å²) in [5.41, 5.74) is 0.0212. The highest BCUT2D eigenvalue weighted by molar-refractivity contribution is 5.98. The highest BCUT2D eigenvalue weighted by Gasteiger charge is 2.38. The Kier molecular flexibility index (Phi) is 4.49. The molecule has 0 fully saturated rings. The molecule has 1 aliphatic carbocycles. The third-order valence-electron chi connectivity index (χ3n) is 3.82. The predicted molar refractivity (Wildman–Crippen MR) is 71.0 cm³/mol. The Hall–Kier alpha value is -1.38. The molecule has 0 amide bonds. The molecular weight excluding hydrogens is 228 g/mol. The highest BCUT2D eigenvalue weighted by atomic mass is 16.5. The first kappa shape index (κ1) is 14.7. The molecule has 0 saturated carbocycles. The van der Waals surface area contributed by atoms with Crippen molar-refractivity contribution in [3.63, 3.8) is 0 Å². The van der Waals surface area contributed by atoms with Crippen LogP contribution in [0.1, 0.15) is 33.6 Å². The van der Waals surface area contributed by atoms with Gasteiger partial charge in [-0.05, 0) is 37.7 Å². The van der Waals surface area contributed by atoms with Gasteiger partial charge in [0, 0.05) is 11.0 Å². The number of hydrogen-bond acceptors (Lipinski definition) is 3. The summed E-state index contributed by atoms with van der Waals surface area (Å²) in [7, 11) is 1.38. The van der Waals surface area contributed by atoms with Gasteiger partial charge in [-0.3, -0.25) is 4.79 Å². The van der Waals surface area contributed by atoms with Crippen molar-refractivity contribution in [3.8, 4) is 0 Å². The van der Waals surface area contributed by atoms with E-state index >= 15 is 0 Å². The molecule has 0 bridgehead atoms. The molecule has 0 N–H and O–H groups in total. The van der Waals surface area contributed by atoms with Gasteiger partial charge >= 0.3 is 5.97 Å². The third-order valence-corrected chi connectivity index (χ3v) is 3.82. The minimum Gasteiger partial charge on any atom is -0.466 e. The molecule has 0 heterocycles. The molecule has 0 unspecified atom stereocenters. The van der Waals surface area contributed by atoms with Crippen molar-refractivity contribution in [2.75, 3.05) is 7.11 Å². The van der Waals surface area contributed by atoms with E-state index in [1.54, 1.807) is 6.08 Å². The standard InChI is InChI=1S/C15H22O3/c1-6-13(16)15(4)8-7-11(10(2)3)12(9-15)14(17)18-5/h6,9-11H,1,7-8H2,2-5H3/t11-,15+/m0/s1. The topological polar surface area (TPSA) is 43.4 Å². The normalized spacial score (nSPS) is 27.6. The third kappa shape index (κ3) is 2.71. The smallest absolute Gasteiger partial charge is 0.333 e. The second-order valence-corrected chi connectivity index (χ2v) is 5.47. The van der Waals surface area contributed by atoms with E-state index in [0.717, 1.165) is 12.8 Å². The maximum atomic E-state index is 11.9. The zero-order valence-corrected chi connectivity index (χ0v) is 11.7. The molecule has 0 aromatic carbocycles. The van der Waals surface area contributed by atoms with Crippen molar-refractivity contribution < 1.29 is 14.3 Å². The lowest BCUT2D eigenvalue weighted by Crippen LogP contribution is -2.33. The first-order valence-corrected chi connectivity index (χ1v) is 6.33. The van der Waals surface area contributed by atoms with Crippen LogP contribution in [-0.4, -0.2) is 18.9 Å². The number of carbonyl (C=O) groups is 2. The van der Waals surface area contributed by atoms with Crippen molar-refractivity contribution >= 4 is 11.8 Å². The maximum Gasteiger partial charge on any atom is 0.333 e. The fourth-order valence-electron chi connectivity index (χ4n) is 2.58. The van der Waals surface area contributed by atoms with Crippen LogP contribution in [0, 0.1) is 17.3 Å². The molecule has 3 heteroatoms. The molecule has 18 heavy (non-hydrogen) atoms. The van der Waals surface area contributed by atoms with Crippen LogP contribution in [0.3, 0.4) is 0 Å². The Bertz CT molecular complexity index is 393. The second kappa shape index (κ2) is 5.51. The number of ether oxygens (including phenoxy) is 1. The largest absolute Gasteiger partial charge is 0.466 e. The summed E-state index contributed by atoms with van der Waals surface area (Å²) in [6.07, 6.45) is 4.70. The van der Waals surface area contributed by atoms with E-state index in [-0.39, 0.29) is 17.7 Å². The fraction of sp³-hybridized carbons (Fsp3) is 0.600. The molecule has 1 aliphatic rings. The number of esters is 1.